The van der Waals surface area contributed by atoms with Crippen LogP contribution in [0.5, 0.6) is 0 Å². The van der Waals surface area contributed by atoms with Crippen LogP contribution in [0.1, 0.15) is 12.1 Å². The van der Waals surface area contributed by atoms with Crippen LogP contribution in [0.2, 0.25) is 0 Å². The van der Waals surface area contributed by atoms with Crippen molar-refractivity contribution in [2.24, 2.45) is 4.99 Å². The van der Waals surface area contributed by atoms with Crippen LogP contribution in [0.4, 0.5) is 13.2 Å². The van der Waals surface area contributed by atoms with Crippen molar-refractivity contribution in [1.29, 1.82) is 0 Å². The van der Waals surface area contributed by atoms with Crippen molar-refractivity contribution in [3.05, 3.63) is 30.1 Å². The number of alkyl halides is 3. The lowest BCUT2D eigenvalue weighted by Crippen LogP contribution is -2.40. The monoisotopic (exact) mass is 459 g/mol. The van der Waals surface area contributed by atoms with Crippen molar-refractivity contribution < 1.29 is 13.2 Å². The molecule has 0 radical (unpaired) electrons. The molecule has 24 heavy (non-hydrogen) atoms. The number of aromatic nitrogens is 1. The molecule has 1 aromatic rings. The Morgan fingerprint density at radius 1 is 1.25 bits per heavy atom. The Kier molecular flexibility index (Phi) is 11.7. The predicted octanol–water partition coefficient (Wildman–Crippen LogP) is 2.29. The van der Waals surface area contributed by atoms with Gasteiger partial charge in [-0.05, 0) is 32.1 Å². The van der Waals surface area contributed by atoms with E-state index in [2.05, 4.69) is 20.6 Å². The average Bonchev–Trinajstić information content (AvgIpc) is 2.49. The Balaban J connectivity index is 0.00000529. The van der Waals surface area contributed by atoms with Crippen LogP contribution in [0.3, 0.4) is 0 Å². The highest BCUT2D eigenvalue weighted by Crippen LogP contribution is 2.15. The first-order valence-corrected chi connectivity index (χ1v) is 7.50. The van der Waals surface area contributed by atoms with Gasteiger partial charge in [-0.3, -0.25) is 14.9 Å². The lowest BCUT2D eigenvalue weighted by molar-refractivity contribution is -0.143. The van der Waals surface area contributed by atoms with Gasteiger partial charge in [-0.2, -0.15) is 13.2 Å². The van der Waals surface area contributed by atoms with Gasteiger partial charge in [0.1, 0.15) is 0 Å². The summed E-state index contributed by atoms with van der Waals surface area (Å²) in [7, 11) is 3.12. The quantitative estimate of drug-likeness (QED) is 0.271. The van der Waals surface area contributed by atoms with Crippen LogP contribution in [-0.4, -0.2) is 62.3 Å². The maximum atomic E-state index is 12.2. The summed E-state index contributed by atoms with van der Waals surface area (Å²) in [6.45, 7) is 0.734. The van der Waals surface area contributed by atoms with Crippen molar-refractivity contribution in [1.82, 2.24) is 20.5 Å². The van der Waals surface area contributed by atoms with Gasteiger partial charge in [0.2, 0.25) is 0 Å². The number of hydrogen-bond donors (Lipinski definition) is 2. The van der Waals surface area contributed by atoms with Gasteiger partial charge in [-0.15, -0.1) is 24.0 Å². The molecule has 9 heteroatoms. The Bertz CT molecular complexity index is 468. The van der Waals surface area contributed by atoms with E-state index < -0.39 is 12.7 Å². The van der Waals surface area contributed by atoms with Gasteiger partial charge < -0.3 is 10.6 Å². The molecule has 0 aliphatic rings. The van der Waals surface area contributed by atoms with Gasteiger partial charge in [-0.1, -0.05) is 6.07 Å². The smallest absolute Gasteiger partial charge is 0.356 e. The van der Waals surface area contributed by atoms with E-state index in [9.17, 15) is 13.2 Å². The van der Waals surface area contributed by atoms with Crippen molar-refractivity contribution in [3.63, 3.8) is 0 Å². The topological polar surface area (TPSA) is 52.6 Å². The molecule has 5 nitrogen and oxygen atoms in total. The molecule has 0 aliphatic heterocycles. The van der Waals surface area contributed by atoms with E-state index in [0.717, 1.165) is 12.1 Å². The maximum absolute atomic E-state index is 12.2. The zero-order chi connectivity index (χ0) is 17.1. The minimum atomic E-state index is -4.15. The fourth-order valence-corrected chi connectivity index (χ4v) is 2.02. The molecule has 0 bridgehead atoms. The van der Waals surface area contributed by atoms with E-state index in [0.29, 0.717) is 32.0 Å². The van der Waals surface area contributed by atoms with E-state index in [1.54, 1.807) is 13.2 Å². The Morgan fingerprint density at radius 2 is 1.96 bits per heavy atom. The van der Waals surface area contributed by atoms with Gasteiger partial charge in [0, 0.05) is 38.4 Å². The fraction of sp³-hybridized carbons (Fsp3) is 0.600. The number of rotatable bonds is 8. The molecule has 0 aromatic carbocycles. The molecule has 0 amide bonds. The van der Waals surface area contributed by atoms with Crippen LogP contribution in [-0.2, 0) is 6.42 Å². The number of aliphatic imine (C=N–C) groups is 1. The third-order valence-corrected chi connectivity index (χ3v) is 3.08. The third kappa shape index (κ3) is 11.4. The van der Waals surface area contributed by atoms with Crippen LogP contribution >= 0.6 is 24.0 Å². The standard InChI is InChI=1S/C15H24F3N5.HI/c1-19-14(22-10-7-13-6-3-4-8-20-13)21-9-5-11-23(2)12-15(16,17)18;/h3-4,6,8H,5,7,9-12H2,1-2H3,(H2,19,21,22);1H. The van der Waals surface area contributed by atoms with E-state index in [-0.39, 0.29) is 24.0 Å². The van der Waals surface area contributed by atoms with E-state index >= 15 is 0 Å². The van der Waals surface area contributed by atoms with Crippen molar-refractivity contribution in [2.45, 2.75) is 19.0 Å². The van der Waals surface area contributed by atoms with Crippen molar-refractivity contribution in [3.8, 4) is 0 Å². The minimum absolute atomic E-state index is 0. The molecule has 2 N–H and O–H groups in total. The highest BCUT2D eigenvalue weighted by Gasteiger charge is 2.28. The molecule has 1 heterocycles. The third-order valence-electron chi connectivity index (χ3n) is 3.08. The van der Waals surface area contributed by atoms with Gasteiger partial charge >= 0.3 is 6.18 Å². The van der Waals surface area contributed by atoms with Crippen LogP contribution < -0.4 is 10.6 Å². The molecular weight excluding hydrogens is 434 g/mol. The SMILES string of the molecule is CN=C(NCCCN(C)CC(F)(F)F)NCCc1ccccn1.I. The molecule has 0 aliphatic carbocycles. The summed E-state index contributed by atoms with van der Waals surface area (Å²) in [6.07, 6.45) is -1.02. The summed E-state index contributed by atoms with van der Waals surface area (Å²) in [5.74, 6) is 0.638. The van der Waals surface area contributed by atoms with Gasteiger partial charge in [0.25, 0.3) is 0 Å². The Labute approximate surface area is 158 Å². The second-order valence-corrected chi connectivity index (χ2v) is 5.20. The molecule has 1 aromatic heterocycles. The lowest BCUT2D eigenvalue weighted by atomic mass is 10.3. The molecule has 138 valence electrons. The number of guanidine groups is 1. The predicted molar refractivity (Wildman–Crippen MR) is 101 cm³/mol. The first kappa shape index (κ1) is 22.9. The highest BCUT2D eigenvalue weighted by molar-refractivity contribution is 14.0. The molecule has 0 unspecified atom stereocenters. The fourth-order valence-electron chi connectivity index (χ4n) is 2.02. The van der Waals surface area contributed by atoms with E-state index in [1.165, 1.54) is 11.9 Å². The molecule has 0 saturated heterocycles. The van der Waals surface area contributed by atoms with Crippen LogP contribution in [0.25, 0.3) is 0 Å². The first-order chi connectivity index (χ1) is 10.9. The largest absolute Gasteiger partial charge is 0.401 e. The van der Waals surface area contributed by atoms with Gasteiger partial charge in [0.15, 0.2) is 5.96 Å². The zero-order valence-electron chi connectivity index (χ0n) is 13.9. The number of halogens is 4. The average molecular weight is 459 g/mol. The van der Waals surface area contributed by atoms with Crippen LogP contribution in [0.15, 0.2) is 29.4 Å². The van der Waals surface area contributed by atoms with E-state index in [4.69, 9.17) is 0 Å². The normalized spacial score (nSPS) is 12.0. The first-order valence-electron chi connectivity index (χ1n) is 7.50. The number of nitrogens with zero attached hydrogens (tertiary/aromatic N) is 3. The summed E-state index contributed by atoms with van der Waals surface area (Å²) in [5.41, 5.74) is 0.990. The van der Waals surface area contributed by atoms with Crippen LogP contribution in [0, 0.1) is 0 Å². The second kappa shape index (κ2) is 12.3. The molecule has 0 saturated carbocycles. The molecule has 0 spiro atoms. The molecule has 1 rings (SSSR count). The summed E-state index contributed by atoms with van der Waals surface area (Å²) in [6, 6.07) is 5.76. The number of pyridine rings is 1. The summed E-state index contributed by atoms with van der Waals surface area (Å²) >= 11 is 0. The van der Waals surface area contributed by atoms with Crippen molar-refractivity contribution in [2.75, 3.05) is 40.3 Å². The molecular formula is C15H25F3IN5. The summed E-state index contributed by atoms with van der Waals surface area (Å²) in [5, 5.41) is 6.23. The number of nitrogens with one attached hydrogen (secondary N) is 2. The Hall–Kier alpha value is -1.10. The zero-order valence-corrected chi connectivity index (χ0v) is 16.3. The Morgan fingerprint density at radius 3 is 2.54 bits per heavy atom. The number of hydrogen-bond acceptors (Lipinski definition) is 3. The summed E-state index contributed by atoms with van der Waals surface area (Å²) in [4.78, 5) is 9.57. The molecule has 0 atom stereocenters. The summed E-state index contributed by atoms with van der Waals surface area (Å²) < 4.78 is 36.6. The molecule has 0 fully saturated rings. The van der Waals surface area contributed by atoms with Crippen molar-refractivity contribution >= 4 is 29.9 Å². The minimum Gasteiger partial charge on any atom is -0.356 e. The van der Waals surface area contributed by atoms with E-state index in [1.807, 2.05) is 18.2 Å². The second-order valence-electron chi connectivity index (χ2n) is 5.20. The van der Waals surface area contributed by atoms with Gasteiger partial charge in [0.05, 0.1) is 6.54 Å². The maximum Gasteiger partial charge on any atom is 0.401 e. The highest BCUT2D eigenvalue weighted by atomic mass is 127. The van der Waals surface area contributed by atoms with Gasteiger partial charge in [-0.25, -0.2) is 0 Å². The lowest BCUT2D eigenvalue weighted by Gasteiger charge is -2.18.